The van der Waals surface area contributed by atoms with Crippen molar-refractivity contribution in [2.24, 2.45) is 11.7 Å². The number of hydrogen-bond acceptors (Lipinski definition) is 3. The highest BCUT2D eigenvalue weighted by molar-refractivity contribution is 7.92. The van der Waals surface area contributed by atoms with Crippen molar-refractivity contribution >= 4 is 27.0 Å². The SMILES string of the molecule is CCS(=O)(=O)[C@@H]1[C@H](C(N)=S)[C@@H]1c1ccc(C)cc1. The fourth-order valence-electron chi connectivity index (χ4n) is 2.45. The lowest BCUT2D eigenvalue weighted by Gasteiger charge is -2.01. The maximum absolute atomic E-state index is 12.0. The fraction of sp³-hybridized carbons (Fsp3) is 0.462. The van der Waals surface area contributed by atoms with Crippen LogP contribution in [0.3, 0.4) is 0 Å². The van der Waals surface area contributed by atoms with Crippen LogP contribution < -0.4 is 5.73 Å². The third kappa shape index (κ3) is 2.29. The number of sulfone groups is 1. The summed E-state index contributed by atoms with van der Waals surface area (Å²) in [6, 6.07) is 7.91. The Morgan fingerprint density at radius 3 is 2.33 bits per heavy atom. The molecule has 3 nitrogen and oxygen atoms in total. The summed E-state index contributed by atoms with van der Waals surface area (Å²) in [5.41, 5.74) is 7.83. The van der Waals surface area contributed by atoms with Gasteiger partial charge in [-0.05, 0) is 12.5 Å². The number of thiocarbonyl (C=S) groups is 1. The van der Waals surface area contributed by atoms with E-state index < -0.39 is 15.1 Å². The minimum absolute atomic E-state index is 0.0620. The van der Waals surface area contributed by atoms with E-state index in [9.17, 15) is 8.42 Å². The Hall–Kier alpha value is -0.940. The molecule has 1 aliphatic carbocycles. The number of rotatable bonds is 4. The topological polar surface area (TPSA) is 60.2 Å². The van der Waals surface area contributed by atoms with Gasteiger partial charge in [-0.2, -0.15) is 0 Å². The summed E-state index contributed by atoms with van der Waals surface area (Å²) in [7, 11) is -3.09. The van der Waals surface area contributed by atoms with E-state index in [0.29, 0.717) is 4.99 Å². The molecule has 98 valence electrons. The Balaban J connectivity index is 2.33. The predicted octanol–water partition coefficient (Wildman–Crippen LogP) is 1.80. The van der Waals surface area contributed by atoms with E-state index in [1.807, 2.05) is 31.2 Å². The van der Waals surface area contributed by atoms with Crippen molar-refractivity contribution in [1.82, 2.24) is 0 Å². The second-order valence-electron chi connectivity index (χ2n) is 4.78. The highest BCUT2D eigenvalue weighted by Gasteiger charge is 2.59. The minimum Gasteiger partial charge on any atom is -0.393 e. The van der Waals surface area contributed by atoms with Crippen molar-refractivity contribution in [3.05, 3.63) is 35.4 Å². The molecule has 1 fully saturated rings. The largest absolute Gasteiger partial charge is 0.393 e. The molecule has 0 spiro atoms. The molecule has 2 N–H and O–H groups in total. The minimum atomic E-state index is -3.09. The molecule has 1 aromatic carbocycles. The van der Waals surface area contributed by atoms with Gasteiger partial charge in [-0.15, -0.1) is 0 Å². The first kappa shape index (κ1) is 13.5. The van der Waals surface area contributed by atoms with Crippen molar-refractivity contribution in [2.75, 3.05) is 5.75 Å². The lowest BCUT2D eigenvalue weighted by Crippen LogP contribution is -2.18. The zero-order chi connectivity index (χ0) is 13.5. The summed E-state index contributed by atoms with van der Waals surface area (Å²) < 4.78 is 24.0. The Morgan fingerprint density at radius 2 is 1.89 bits per heavy atom. The van der Waals surface area contributed by atoms with Gasteiger partial charge < -0.3 is 5.73 Å². The maximum atomic E-state index is 12.0. The van der Waals surface area contributed by atoms with E-state index in [1.54, 1.807) is 6.92 Å². The van der Waals surface area contributed by atoms with Crippen molar-refractivity contribution in [1.29, 1.82) is 0 Å². The normalized spacial score (nSPS) is 26.9. The average molecular weight is 283 g/mol. The molecule has 0 bridgehead atoms. The molecule has 0 radical (unpaired) electrons. The van der Waals surface area contributed by atoms with E-state index in [2.05, 4.69) is 0 Å². The second kappa shape index (κ2) is 4.63. The molecule has 2 rings (SSSR count). The zero-order valence-electron chi connectivity index (χ0n) is 10.5. The number of aryl methyl sites for hydroxylation is 1. The van der Waals surface area contributed by atoms with Crippen LogP contribution >= 0.6 is 12.2 Å². The molecule has 0 aliphatic heterocycles. The third-order valence-electron chi connectivity index (χ3n) is 3.56. The molecule has 5 heteroatoms. The monoisotopic (exact) mass is 283 g/mol. The number of hydrogen-bond donors (Lipinski definition) is 1. The van der Waals surface area contributed by atoms with E-state index >= 15 is 0 Å². The Kier molecular flexibility index (Phi) is 3.47. The van der Waals surface area contributed by atoms with E-state index in [1.165, 1.54) is 0 Å². The Labute approximate surface area is 113 Å². The van der Waals surface area contributed by atoms with Crippen LogP contribution in [0.1, 0.15) is 24.0 Å². The van der Waals surface area contributed by atoms with Gasteiger partial charge in [-0.25, -0.2) is 8.42 Å². The van der Waals surface area contributed by atoms with Gasteiger partial charge in [-0.1, -0.05) is 49.0 Å². The lowest BCUT2D eigenvalue weighted by atomic mass is 10.1. The van der Waals surface area contributed by atoms with Crippen LogP contribution in [0.5, 0.6) is 0 Å². The van der Waals surface area contributed by atoms with Gasteiger partial charge in [0.15, 0.2) is 9.84 Å². The maximum Gasteiger partial charge on any atom is 0.154 e. The van der Waals surface area contributed by atoms with E-state index in [0.717, 1.165) is 11.1 Å². The van der Waals surface area contributed by atoms with Gasteiger partial charge in [0.1, 0.15) is 0 Å². The molecule has 1 aliphatic rings. The summed E-state index contributed by atoms with van der Waals surface area (Å²) in [6.07, 6.45) is 0. The Bertz CT molecular complexity index is 563. The number of benzene rings is 1. The van der Waals surface area contributed by atoms with Gasteiger partial charge in [-0.3, -0.25) is 0 Å². The van der Waals surface area contributed by atoms with Crippen molar-refractivity contribution < 1.29 is 8.42 Å². The van der Waals surface area contributed by atoms with Gasteiger partial charge in [0.05, 0.1) is 10.2 Å². The molecule has 18 heavy (non-hydrogen) atoms. The van der Waals surface area contributed by atoms with Crippen LogP contribution in [0.4, 0.5) is 0 Å². The summed E-state index contributed by atoms with van der Waals surface area (Å²) in [5.74, 6) is -0.125. The van der Waals surface area contributed by atoms with Crippen LogP contribution in [-0.2, 0) is 9.84 Å². The van der Waals surface area contributed by atoms with Gasteiger partial charge in [0, 0.05) is 17.6 Å². The van der Waals surface area contributed by atoms with Crippen LogP contribution in [0.15, 0.2) is 24.3 Å². The second-order valence-corrected chi connectivity index (χ2v) is 7.70. The van der Waals surface area contributed by atoms with Crippen LogP contribution in [0.25, 0.3) is 0 Å². The molecule has 0 aromatic heterocycles. The van der Waals surface area contributed by atoms with Crippen molar-refractivity contribution in [2.45, 2.75) is 25.0 Å². The van der Waals surface area contributed by atoms with Crippen LogP contribution in [-0.4, -0.2) is 24.4 Å². The first-order valence-corrected chi connectivity index (χ1v) is 8.08. The molecule has 3 atom stereocenters. The molecular weight excluding hydrogens is 266 g/mol. The van der Waals surface area contributed by atoms with Crippen molar-refractivity contribution in [3.8, 4) is 0 Å². The van der Waals surface area contributed by atoms with Gasteiger partial charge >= 0.3 is 0 Å². The van der Waals surface area contributed by atoms with Gasteiger partial charge in [0.2, 0.25) is 0 Å². The highest BCUT2D eigenvalue weighted by Crippen LogP contribution is 2.52. The quantitative estimate of drug-likeness (QED) is 0.856. The van der Waals surface area contributed by atoms with E-state index in [4.69, 9.17) is 18.0 Å². The highest BCUT2D eigenvalue weighted by atomic mass is 32.2. The van der Waals surface area contributed by atoms with Crippen LogP contribution in [0.2, 0.25) is 0 Å². The smallest absolute Gasteiger partial charge is 0.154 e. The molecular formula is C13H17NO2S2. The van der Waals surface area contributed by atoms with Gasteiger partial charge in [0.25, 0.3) is 0 Å². The molecule has 1 saturated carbocycles. The fourth-order valence-corrected chi connectivity index (χ4v) is 4.66. The average Bonchev–Trinajstić information content (AvgIpc) is 3.06. The Morgan fingerprint density at radius 1 is 1.33 bits per heavy atom. The van der Waals surface area contributed by atoms with Crippen molar-refractivity contribution in [3.63, 3.8) is 0 Å². The molecule has 0 amide bonds. The van der Waals surface area contributed by atoms with E-state index in [-0.39, 0.29) is 17.6 Å². The van der Waals surface area contributed by atoms with Crippen LogP contribution in [0, 0.1) is 12.8 Å². The number of nitrogens with two attached hydrogens (primary N) is 1. The summed E-state index contributed by atoms with van der Waals surface area (Å²) in [5, 5.41) is -0.428. The lowest BCUT2D eigenvalue weighted by molar-refractivity contribution is 0.594. The molecule has 0 saturated heterocycles. The molecule has 1 aromatic rings. The standard InChI is InChI=1S/C13H17NO2S2/c1-3-18(15,16)12-10(11(12)13(14)17)9-6-4-8(2)5-7-9/h4-7,10-12H,3H2,1-2H3,(H2,14,17)/t10-,11+,12-/m0/s1. The summed E-state index contributed by atoms with van der Waals surface area (Å²) in [6.45, 7) is 3.67. The summed E-state index contributed by atoms with van der Waals surface area (Å²) >= 11 is 4.99. The first-order chi connectivity index (χ1) is 8.38. The predicted molar refractivity (Wildman–Crippen MR) is 77.4 cm³/mol. The third-order valence-corrected chi connectivity index (χ3v) is 6.05. The molecule has 0 heterocycles. The molecule has 0 unspecified atom stereocenters. The zero-order valence-corrected chi connectivity index (χ0v) is 12.1. The summed E-state index contributed by atoms with van der Waals surface area (Å²) in [4.78, 5) is 0.308. The first-order valence-electron chi connectivity index (χ1n) is 5.96.